The molecule has 2 aromatic rings. The third-order valence-electron chi connectivity index (χ3n) is 5.82. The number of nitrogens with one attached hydrogen (secondary N) is 1. The summed E-state index contributed by atoms with van der Waals surface area (Å²) in [6.07, 6.45) is 4.18. The molecule has 28 heavy (non-hydrogen) atoms. The van der Waals surface area contributed by atoms with Crippen LogP contribution in [-0.4, -0.2) is 41.9 Å². The van der Waals surface area contributed by atoms with E-state index >= 15 is 0 Å². The van der Waals surface area contributed by atoms with Crippen molar-refractivity contribution in [1.29, 1.82) is 0 Å². The lowest BCUT2D eigenvalue weighted by Gasteiger charge is -2.32. The number of fused-ring (bicyclic) bond motifs is 1. The molecule has 1 unspecified atom stereocenters. The van der Waals surface area contributed by atoms with E-state index in [1.165, 1.54) is 18.2 Å². The van der Waals surface area contributed by atoms with Crippen molar-refractivity contribution in [1.82, 2.24) is 10.2 Å². The summed E-state index contributed by atoms with van der Waals surface area (Å²) in [4.78, 5) is 28.4. The number of piperidine rings is 1. The average Bonchev–Trinajstić information content (AvgIpc) is 3.26. The molecule has 1 fully saturated rings. The summed E-state index contributed by atoms with van der Waals surface area (Å²) in [5, 5.41) is 2.94. The highest BCUT2D eigenvalue weighted by Crippen LogP contribution is 2.33. The molecule has 1 N–H and O–H groups in total. The van der Waals surface area contributed by atoms with Crippen LogP contribution in [0.4, 0.5) is 5.69 Å². The molecule has 0 radical (unpaired) electrons. The Hall–Kier alpha value is -2.76. The van der Waals surface area contributed by atoms with Crippen LogP contribution in [0.1, 0.15) is 48.4 Å². The van der Waals surface area contributed by atoms with E-state index in [1.54, 1.807) is 6.26 Å². The van der Waals surface area contributed by atoms with Crippen LogP contribution in [0.5, 0.6) is 0 Å². The van der Waals surface area contributed by atoms with Gasteiger partial charge in [-0.05, 0) is 43.9 Å². The molecule has 1 aromatic carbocycles. The Morgan fingerprint density at radius 2 is 1.93 bits per heavy atom. The number of carbonyl (C=O) groups is 2. The lowest BCUT2D eigenvalue weighted by Crippen LogP contribution is -2.46. The van der Waals surface area contributed by atoms with Crippen LogP contribution in [0.3, 0.4) is 0 Å². The largest absolute Gasteiger partial charge is 0.459 e. The minimum absolute atomic E-state index is 0.0156. The van der Waals surface area contributed by atoms with E-state index in [4.69, 9.17) is 4.42 Å². The van der Waals surface area contributed by atoms with Gasteiger partial charge < -0.3 is 19.5 Å². The van der Waals surface area contributed by atoms with Crippen molar-refractivity contribution in [3.8, 4) is 0 Å². The van der Waals surface area contributed by atoms with Crippen LogP contribution < -0.4 is 10.2 Å². The van der Waals surface area contributed by atoms with Crippen molar-refractivity contribution in [3.05, 3.63) is 53.5 Å². The number of benzene rings is 1. The van der Waals surface area contributed by atoms with Gasteiger partial charge in [0, 0.05) is 49.9 Å². The van der Waals surface area contributed by atoms with E-state index in [0.29, 0.717) is 31.4 Å². The van der Waals surface area contributed by atoms with Crippen LogP contribution in [0.25, 0.3) is 0 Å². The van der Waals surface area contributed by atoms with Gasteiger partial charge in [0.2, 0.25) is 5.91 Å². The summed E-state index contributed by atoms with van der Waals surface area (Å²) in [7, 11) is 0. The average molecular weight is 381 g/mol. The standard InChI is InChI=1S/C22H27N3O3/c1-15-13-17-5-3-4-6-20(17)25(15)14-18-9-12-28-21(18)22(27)24-10-7-19(8-11-24)23-16(2)26/h3-6,9,12,15,19H,7-8,10-11,13-14H2,1-2H3,(H,23,26). The molecular weight excluding hydrogens is 354 g/mol. The lowest BCUT2D eigenvalue weighted by molar-refractivity contribution is -0.119. The van der Waals surface area contributed by atoms with Gasteiger partial charge in [0.15, 0.2) is 5.76 Å². The zero-order valence-electron chi connectivity index (χ0n) is 16.5. The van der Waals surface area contributed by atoms with Gasteiger partial charge in [-0.15, -0.1) is 0 Å². The number of hydrogen-bond donors (Lipinski definition) is 1. The van der Waals surface area contributed by atoms with Gasteiger partial charge in [-0.1, -0.05) is 18.2 Å². The monoisotopic (exact) mass is 381 g/mol. The Kier molecular flexibility index (Phi) is 5.11. The quantitative estimate of drug-likeness (QED) is 0.884. The van der Waals surface area contributed by atoms with Crippen molar-refractivity contribution in [3.63, 3.8) is 0 Å². The van der Waals surface area contributed by atoms with E-state index in [9.17, 15) is 9.59 Å². The molecule has 6 nitrogen and oxygen atoms in total. The Morgan fingerprint density at radius 3 is 2.68 bits per heavy atom. The molecule has 0 spiro atoms. The molecule has 2 amide bonds. The molecule has 0 saturated carbocycles. The smallest absolute Gasteiger partial charge is 0.289 e. The Bertz CT molecular complexity index is 867. The second-order valence-corrected chi connectivity index (χ2v) is 7.85. The van der Waals surface area contributed by atoms with Crippen molar-refractivity contribution in [2.45, 2.75) is 51.7 Å². The van der Waals surface area contributed by atoms with Gasteiger partial charge in [0.05, 0.1) is 6.26 Å². The summed E-state index contributed by atoms with van der Waals surface area (Å²) in [6.45, 7) is 5.68. The molecule has 3 heterocycles. The summed E-state index contributed by atoms with van der Waals surface area (Å²) in [6, 6.07) is 10.9. The second-order valence-electron chi connectivity index (χ2n) is 7.85. The van der Waals surface area contributed by atoms with E-state index in [-0.39, 0.29) is 17.9 Å². The molecule has 6 heteroatoms. The van der Waals surface area contributed by atoms with Crippen LogP contribution in [0.15, 0.2) is 41.0 Å². The molecular formula is C22H27N3O3. The molecule has 1 aromatic heterocycles. The van der Waals surface area contributed by atoms with Gasteiger partial charge >= 0.3 is 0 Å². The van der Waals surface area contributed by atoms with Crippen molar-refractivity contribution in [2.24, 2.45) is 0 Å². The van der Waals surface area contributed by atoms with E-state index in [1.807, 2.05) is 11.0 Å². The third-order valence-corrected chi connectivity index (χ3v) is 5.82. The molecule has 1 atom stereocenters. The first kappa shape index (κ1) is 18.6. The first-order valence-corrected chi connectivity index (χ1v) is 10.00. The summed E-state index contributed by atoms with van der Waals surface area (Å²) in [5.74, 6) is 0.370. The van der Waals surface area contributed by atoms with Gasteiger partial charge in [-0.25, -0.2) is 0 Å². The third kappa shape index (κ3) is 3.63. The molecule has 148 valence electrons. The molecule has 1 saturated heterocycles. The SMILES string of the molecule is CC(=O)NC1CCN(C(=O)c2occc2CN2c3ccccc3CC2C)CC1. The van der Waals surface area contributed by atoms with Crippen LogP contribution in [0, 0.1) is 0 Å². The minimum Gasteiger partial charge on any atom is -0.459 e. The molecule has 2 aliphatic rings. The topological polar surface area (TPSA) is 65.8 Å². The van der Waals surface area contributed by atoms with E-state index in [0.717, 1.165) is 24.8 Å². The first-order valence-electron chi connectivity index (χ1n) is 10.00. The maximum atomic E-state index is 13.0. The van der Waals surface area contributed by atoms with Crippen molar-refractivity contribution < 1.29 is 14.0 Å². The number of likely N-dealkylation sites (tertiary alicyclic amines) is 1. The highest BCUT2D eigenvalue weighted by molar-refractivity contribution is 5.93. The molecule has 0 bridgehead atoms. The Balaban J connectivity index is 1.45. The normalized spacial score (nSPS) is 19.6. The highest BCUT2D eigenvalue weighted by atomic mass is 16.3. The fourth-order valence-electron chi connectivity index (χ4n) is 4.36. The Morgan fingerprint density at radius 1 is 1.18 bits per heavy atom. The number of anilines is 1. The number of para-hydroxylation sites is 1. The maximum Gasteiger partial charge on any atom is 0.289 e. The van der Waals surface area contributed by atoms with Crippen LogP contribution >= 0.6 is 0 Å². The van der Waals surface area contributed by atoms with Gasteiger partial charge in [-0.2, -0.15) is 0 Å². The zero-order valence-corrected chi connectivity index (χ0v) is 16.5. The highest BCUT2D eigenvalue weighted by Gasteiger charge is 2.30. The Labute approximate surface area is 165 Å². The minimum atomic E-state index is -0.0542. The van der Waals surface area contributed by atoms with Crippen molar-refractivity contribution in [2.75, 3.05) is 18.0 Å². The van der Waals surface area contributed by atoms with Gasteiger partial charge in [-0.3, -0.25) is 9.59 Å². The fourth-order valence-corrected chi connectivity index (χ4v) is 4.36. The fraction of sp³-hybridized carbons (Fsp3) is 0.455. The van der Waals surface area contributed by atoms with E-state index in [2.05, 4.69) is 41.4 Å². The second kappa shape index (κ2) is 7.70. The van der Waals surface area contributed by atoms with Crippen molar-refractivity contribution >= 4 is 17.5 Å². The zero-order chi connectivity index (χ0) is 19.7. The van der Waals surface area contributed by atoms with Gasteiger partial charge in [0.25, 0.3) is 5.91 Å². The van der Waals surface area contributed by atoms with Gasteiger partial charge in [0.1, 0.15) is 0 Å². The molecule has 4 rings (SSSR count). The number of hydrogen-bond acceptors (Lipinski definition) is 4. The number of rotatable bonds is 4. The lowest BCUT2D eigenvalue weighted by atomic mass is 10.0. The molecule has 2 aliphatic heterocycles. The maximum absolute atomic E-state index is 13.0. The van der Waals surface area contributed by atoms with E-state index < -0.39 is 0 Å². The predicted octanol–water partition coefficient (Wildman–Crippen LogP) is 2.97. The number of furan rings is 1. The predicted molar refractivity (Wildman–Crippen MR) is 107 cm³/mol. The first-order chi connectivity index (χ1) is 13.5. The summed E-state index contributed by atoms with van der Waals surface area (Å²) >= 11 is 0. The van der Waals surface area contributed by atoms with Crippen LogP contribution in [-0.2, 0) is 17.8 Å². The summed E-state index contributed by atoms with van der Waals surface area (Å²) in [5.41, 5.74) is 3.52. The molecule has 0 aliphatic carbocycles. The number of nitrogens with zero attached hydrogens (tertiary/aromatic N) is 2. The van der Waals surface area contributed by atoms with Crippen LogP contribution in [0.2, 0.25) is 0 Å². The number of carbonyl (C=O) groups excluding carboxylic acids is 2. The summed E-state index contributed by atoms with van der Waals surface area (Å²) < 4.78 is 5.62. The number of amides is 2.